The Bertz CT molecular complexity index is 234. The van der Waals surface area contributed by atoms with E-state index in [2.05, 4.69) is 33.0 Å². The molecule has 1 N–H and O–H groups in total. The van der Waals surface area contributed by atoms with E-state index in [0.29, 0.717) is 5.92 Å². The van der Waals surface area contributed by atoms with Crippen LogP contribution in [0.4, 0.5) is 0 Å². The number of hydrogen-bond donors (Lipinski definition) is 1. The molecule has 1 fully saturated rings. The Morgan fingerprint density at radius 2 is 2.07 bits per heavy atom. The first-order chi connectivity index (χ1) is 6.90. The van der Waals surface area contributed by atoms with Gasteiger partial charge in [0.15, 0.2) is 0 Å². The van der Waals surface area contributed by atoms with Gasteiger partial charge in [0.2, 0.25) is 5.91 Å². The highest BCUT2D eigenvalue weighted by atomic mass is 16.2. The SMILES string of the molecule is CCC(C)(C)N(C)C(=O)C(C)C1CNC1. The number of nitrogens with zero attached hydrogens (tertiary/aromatic N) is 1. The lowest BCUT2D eigenvalue weighted by molar-refractivity contribution is -0.141. The fraction of sp³-hybridized carbons (Fsp3) is 0.917. The molecule has 15 heavy (non-hydrogen) atoms. The van der Waals surface area contributed by atoms with E-state index in [0.717, 1.165) is 19.5 Å². The van der Waals surface area contributed by atoms with Gasteiger partial charge in [0.1, 0.15) is 0 Å². The van der Waals surface area contributed by atoms with Gasteiger partial charge < -0.3 is 10.2 Å². The second-order valence-corrected chi connectivity index (χ2v) is 5.27. The van der Waals surface area contributed by atoms with Gasteiger partial charge in [-0.25, -0.2) is 0 Å². The van der Waals surface area contributed by atoms with E-state index in [4.69, 9.17) is 0 Å². The molecule has 1 saturated heterocycles. The zero-order valence-electron chi connectivity index (χ0n) is 10.6. The van der Waals surface area contributed by atoms with Gasteiger partial charge in [-0.15, -0.1) is 0 Å². The standard InChI is InChI=1S/C12H24N2O/c1-6-12(3,4)14(5)11(15)9(2)10-7-13-8-10/h9-10,13H,6-8H2,1-5H3. The van der Waals surface area contributed by atoms with Gasteiger partial charge in [-0.3, -0.25) is 4.79 Å². The normalized spacial score (nSPS) is 19.5. The van der Waals surface area contributed by atoms with Crippen LogP contribution in [0.1, 0.15) is 34.1 Å². The van der Waals surface area contributed by atoms with Crippen LogP contribution in [0.5, 0.6) is 0 Å². The van der Waals surface area contributed by atoms with Crippen molar-refractivity contribution < 1.29 is 4.79 Å². The van der Waals surface area contributed by atoms with E-state index in [1.807, 2.05) is 11.9 Å². The third kappa shape index (κ3) is 2.51. The van der Waals surface area contributed by atoms with Gasteiger partial charge in [-0.05, 0) is 39.3 Å². The molecule has 1 aliphatic heterocycles. The van der Waals surface area contributed by atoms with Gasteiger partial charge in [0, 0.05) is 18.5 Å². The molecular formula is C12H24N2O. The number of amides is 1. The summed E-state index contributed by atoms with van der Waals surface area (Å²) in [6, 6.07) is 0. The maximum Gasteiger partial charge on any atom is 0.225 e. The third-order valence-electron chi connectivity index (χ3n) is 4.01. The van der Waals surface area contributed by atoms with Crippen LogP contribution in [0.15, 0.2) is 0 Å². The lowest BCUT2D eigenvalue weighted by Gasteiger charge is -2.40. The lowest BCUT2D eigenvalue weighted by Crippen LogP contribution is -2.53. The highest BCUT2D eigenvalue weighted by Gasteiger charge is 2.34. The largest absolute Gasteiger partial charge is 0.340 e. The predicted molar refractivity (Wildman–Crippen MR) is 62.7 cm³/mol. The van der Waals surface area contributed by atoms with Crippen molar-refractivity contribution in [2.75, 3.05) is 20.1 Å². The molecule has 0 radical (unpaired) electrons. The second kappa shape index (κ2) is 4.52. The van der Waals surface area contributed by atoms with E-state index in [-0.39, 0.29) is 17.4 Å². The Hall–Kier alpha value is -0.570. The van der Waals surface area contributed by atoms with Crippen LogP contribution in [0.2, 0.25) is 0 Å². The number of carbonyl (C=O) groups excluding carboxylic acids is 1. The molecule has 0 aromatic rings. The van der Waals surface area contributed by atoms with Crippen LogP contribution < -0.4 is 5.32 Å². The van der Waals surface area contributed by atoms with Crippen molar-refractivity contribution in [2.45, 2.75) is 39.7 Å². The molecule has 3 heteroatoms. The van der Waals surface area contributed by atoms with E-state index < -0.39 is 0 Å². The van der Waals surface area contributed by atoms with Crippen molar-refractivity contribution in [1.29, 1.82) is 0 Å². The first-order valence-electron chi connectivity index (χ1n) is 5.88. The summed E-state index contributed by atoms with van der Waals surface area (Å²) >= 11 is 0. The number of rotatable bonds is 4. The van der Waals surface area contributed by atoms with Crippen LogP contribution in [-0.2, 0) is 4.79 Å². The zero-order chi connectivity index (χ0) is 11.6. The molecule has 1 unspecified atom stereocenters. The molecule has 0 aromatic heterocycles. The maximum absolute atomic E-state index is 12.2. The van der Waals surface area contributed by atoms with Gasteiger partial charge >= 0.3 is 0 Å². The summed E-state index contributed by atoms with van der Waals surface area (Å²) in [5, 5.41) is 3.22. The molecule has 1 heterocycles. The summed E-state index contributed by atoms with van der Waals surface area (Å²) in [6.07, 6.45) is 0.991. The van der Waals surface area contributed by atoms with Crippen molar-refractivity contribution in [3.05, 3.63) is 0 Å². The Kier molecular flexibility index (Phi) is 3.77. The third-order valence-corrected chi connectivity index (χ3v) is 4.01. The molecule has 3 nitrogen and oxygen atoms in total. The maximum atomic E-state index is 12.2. The quantitative estimate of drug-likeness (QED) is 0.765. The summed E-state index contributed by atoms with van der Waals surface area (Å²) in [5.74, 6) is 0.975. The van der Waals surface area contributed by atoms with Crippen molar-refractivity contribution in [2.24, 2.45) is 11.8 Å². The summed E-state index contributed by atoms with van der Waals surface area (Å²) in [5.41, 5.74) is -0.0253. The Morgan fingerprint density at radius 3 is 2.40 bits per heavy atom. The minimum absolute atomic E-state index is 0.0253. The van der Waals surface area contributed by atoms with E-state index in [1.165, 1.54) is 0 Å². The van der Waals surface area contributed by atoms with Crippen molar-refractivity contribution in [3.8, 4) is 0 Å². The second-order valence-electron chi connectivity index (χ2n) is 5.27. The highest BCUT2D eigenvalue weighted by molar-refractivity contribution is 5.79. The van der Waals surface area contributed by atoms with Gasteiger partial charge in [0.25, 0.3) is 0 Å². The lowest BCUT2D eigenvalue weighted by atomic mass is 9.86. The highest BCUT2D eigenvalue weighted by Crippen LogP contribution is 2.23. The summed E-state index contributed by atoms with van der Waals surface area (Å²) in [6.45, 7) is 10.4. The van der Waals surface area contributed by atoms with Gasteiger partial charge in [-0.1, -0.05) is 13.8 Å². The van der Waals surface area contributed by atoms with Crippen molar-refractivity contribution >= 4 is 5.91 Å². The molecule has 1 aliphatic rings. The fourth-order valence-corrected chi connectivity index (χ4v) is 1.71. The topological polar surface area (TPSA) is 32.3 Å². The Labute approximate surface area is 93.2 Å². The molecule has 88 valence electrons. The first-order valence-corrected chi connectivity index (χ1v) is 5.88. The van der Waals surface area contributed by atoms with Crippen LogP contribution >= 0.6 is 0 Å². The molecule has 0 aliphatic carbocycles. The molecule has 0 aromatic carbocycles. The minimum atomic E-state index is -0.0253. The van der Waals surface area contributed by atoms with Crippen molar-refractivity contribution in [1.82, 2.24) is 10.2 Å². The molecular weight excluding hydrogens is 188 g/mol. The summed E-state index contributed by atoms with van der Waals surface area (Å²) in [7, 11) is 1.93. The summed E-state index contributed by atoms with van der Waals surface area (Å²) < 4.78 is 0. The average Bonchev–Trinajstić information content (AvgIpc) is 2.12. The van der Waals surface area contributed by atoms with E-state index in [1.54, 1.807) is 0 Å². The van der Waals surface area contributed by atoms with E-state index >= 15 is 0 Å². The molecule has 1 rings (SSSR count). The first kappa shape index (κ1) is 12.5. The van der Waals surface area contributed by atoms with Crippen LogP contribution in [0, 0.1) is 11.8 Å². The molecule has 0 saturated carbocycles. The molecule has 1 atom stereocenters. The Morgan fingerprint density at radius 1 is 1.53 bits per heavy atom. The van der Waals surface area contributed by atoms with Crippen LogP contribution in [0.3, 0.4) is 0 Å². The van der Waals surface area contributed by atoms with Crippen molar-refractivity contribution in [3.63, 3.8) is 0 Å². The average molecular weight is 212 g/mol. The molecule has 0 spiro atoms. The predicted octanol–water partition coefficient (Wildman–Crippen LogP) is 1.49. The number of carbonyl (C=O) groups is 1. The van der Waals surface area contributed by atoms with Gasteiger partial charge in [0.05, 0.1) is 0 Å². The van der Waals surface area contributed by atoms with Crippen LogP contribution in [0.25, 0.3) is 0 Å². The number of hydrogen-bond acceptors (Lipinski definition) is 2. The fourth-order valence-electron chi connectivity index (χ4n) is 1.71. The zero-order valence-corrected chi connectivity index (χ0v) is 10.6. The smallest absolute Gasteiger partial charge is 0.225 e. The Balaban J connectivity index is 2.58. The number of nitrogens with one attached hydrogen (secondary N) is 1. The minimum Gasteiger partial charge on any atom is -0.340 e. The molecule has 0 bridgehead atoms. The monoisotopic (exact) mass is 212 g/mol. The molecule has 1 amide bonds. The van der Waals surface area contributed by atoms with E-state index in [9.17, 15) is 4.79 Å². The van der Waals surface area contributed by atoms with Gasteiger partial charge in [-0.2, -0.15) is 0 Å². The van der Waals surface area contributed by atoms with Crippen LogP contribution in [-0.4, -0.2) is 36.5 Å². The summed E-state index contributed by atoms with van der Waals surface area (Å²) in [4.78, 5) is 14.1.